The molecule has 5 nitrogen and oxygen atoms in total. The van der Waals surface area contributed by atoms with E-state index >= 15 is 0 Å². The van der Waals surface area contributed by atoms with Crippen LogP contribution < -0.4 is 10.6 Å². The molecule has 2 aromatic rings. The minimum atomic E-state index is -0.431. The van der Waals surface area contributed by atoms with E-state index in [1.54, 1.807) is 12.1 Å². The summed E-state index contributed by atoms with van der Waals surface area (Å²) in [5, 5.41) is 7.87. The van der Waals surface area contributed by atoms with E-state index < -0.39 is 5.41 Å². The zero-order valence-corrected chi connectivity index (χ0v) is 15.4. The third-order valence-electron chi connectivity index (χ3n) is 3.44. The van der Waals surface area contributed by atoms with Crippen molar-refractivity contribution in [3.8, 4) is 11.3 Å². The smallest absolute Gasteiger partial charge is 0.226 e. The van der Waals surface area contributed by atoms with Crippen molar-refractivity contribution in [1.82, 2.24) is 10.3 Å². The minimum Gasteiger partial charge on any atom is -0.356 e. The Bertz CT molecular complexity index is 736. The van der Waals surface area contributed by atoms with Gasteiger partial charge in [-0.1, -0.05) is 20.8 Å². The zero-order valence-electron chi connectivity index (χ0n) is 14.6. The fourth-order valence-corrected chi connectivity index (χ4v) is 2.72. The normalized spacial score (nSPS) is 11.2. The summed E-state index contributed by atoms with van der Waals surface area (Å²) in [7, 11) is 0. The summed E-state index contributed by atoms with van der Waals surface area (Å²) in [4.78, 5) is 28.0. The second kappa shape index (κ2) is 8.20. The molecule has 0 spiro atoms. The molecule has 2 rings (SSSR count). The maximum atomic E-state index is 12.9. The van der Waals surface area contributed by atoms with Crippen LogP contribution in [-0.2, 0) is 9.59 Å². The Hall–Kier alpha value is -2.28. The number of rotatable bonds is 6. The van der Waals surface area contributed by atoms with Gasteiger partial charge < -0.3 is 10.6 Å². The maximum Gasteiger partial charge on any atom is 0.226 e. The van der Waals surface area contributed by atoms with Gasteiger partial charge in [0.25, 0.3) is 0 Å². The van der Waals surface area contributed by atoms with Gasteiger partial charge in [0.05, 0.1) is 5.69 Å². The number of carbonyl (C=O) groups is 2. The highest BCUT2D eigenvalue weighted by atomic mass is 32.1. The Labute approximate surface area is 150 Å². The van der Waals surface area contributed by atoms with Crippen LogP contribution in [-0.4, -0.2) is 23.3 Å². The number of nitrogens with one attached hydrogen (secondary N) is 2. The molecule has 1 heterocycles. The molecule has 2 amide bonds. The Morgan fingerprint density at radius 2 is 1.88 bits per heavy atom. The van der Waals surface area contributed by atoms with Crippen LogP contribution in [0.1, 0.15) is 33.6 Å². The largest absolute Gasteiger partial charge is 0.356 e. The molecule has 2 N–H and O–H groups in total. The number of aromatic nitrogens is 1. The standard InChI is InChI=1S/C18H22FN3O2S/c1-18(2,3)16(24)20-10-4-5-15(23)22-17-21-14(11-25-17)12-6-8-13(19)9-7-12/h6-9,11H,4-5,10H2,1-3H3,(H,20,24)(H,21,22,23). The molecular formula is C18H22FN3O2S. The van der Waals surface area contributed by atoms with Crippen molar-refractivity contribution in [3.05, 3.63) is 35.5 Å². The molecule has 0 aliphatic heterocycles. The number of anilines is 1. The first-order valence-corrected chi connectivity index (χ1v) is 8.93. The van der Waals surface area contributed by atoms with Gasteiger partial charge in [-0.25, -0.2) is 9.37 Å². The predicted molar refractivity (Wildman–Crippen MR) is 97.8 cm³/mol. The lowest BCUT2D eigenvalue weighted by Crippen LogP contribution is -2.35. The quantitative estimate of drug-likeness (QED) is 0.766. The monoisotopic (exact) mass is 363 g/mol. The molecule has 7 heteroatoms. The van der Waals surface area contributed by atoms with Crippen LogP contribution in [0.3, 0.4) is 0 Å². The number of halogens is 1. The average Bonchev–Trinajstić information content (AvgIpc) is 2.99. The molecule has 134 valence electrons. The van der Waals surface area contributed by atoms with Crippen molar-refractivity contribution < 1.29 is 14.0 Å². The SMILES string of the molecule is CC(C)(C)C(=O)NCCCC(=O)Nc1nc(-c2ccc(F)cc2)cs1. The first-order valence-electron chi connectivity index (χ1n) is 8.05. The second-order valence-corrected chi connectivity index (χ2v) is 7.56. The third-order valence-corrected chi connectivity index (χ3v) is 4.20. The Morgan fingerprint density at radius 3 is 2.52 bits per heavy atom. The van der Waals surface area contributed by atoms with E-state index in [2.05, 4.69) is 15.6 Å². The molecule has 1 aromatic carbocycles. The lowest BCUT2D eigenvalue weighted by molar-refractivity contribution is -0.128. The van der Waals surface area contributed by atoms with Gasteiger partial charge in [0.15, 0.2) is 5.13 Å². The van der Waals surface area contributed by atoms with Crippen LogP contribution in [0.25, 0.3) is 11.3 Å². The highest BCUT2D eigenvalue weighted by Crippen LogP contribution is 2.25. The first kappa shape index (κ1) is 19.1. The zero-order chi connectivity index (χ0) is 18.4. The summed E-state index contributed by atoms with van der Waals surface area (Å²) < 4.78 is 12.9. The van der Waals surface area contributed by atoms with Crippen LogP contribution >= 0.6 is 11.3 Å². The molecule has 0 aliphatic carbocycles. The minimum absolute atomic E-state index is 0.0308. The topological polar surface area (TPSA) is 71.1 Å². The Balaban J connectivity index is 1.78. The number of hydrogen-bond acceptors (Lipinski definition) is 4. The van der Waals surface area contributed by atoms with Gasteiger partial charge in [-0.05, 0) is 30.7 Å². The summed E-state index contributed by atoms with van der Waals surface area (Å²) in [6, 6.07) is 6.04. The van der Waals surface area contributed by atoms with Gasteiger partial charge in [-0.3, -0.25) is 9.59 Å². The van der Waals surface area contributed by atoms with Crippen molar-refractivity contribution in [1.29, 1.82) is 0 Å². The number of thiazole rings is 1. The van der Waals surface area contributed by atoms with Gasteiger partial charge in [0, 0.05) is 29.3 Å². The molecule has 1 aromatic heterocycles. The van der Waals surface area contributed by atoms with Crippen molar-refractivity contribution in [2.75, 3.05) is 11.9 Å². The molecule has 0 radical (unpaired) electrons. The van der Waals surface area contributed by atoms with Crippen LogP contribution in [0.4, 0.5) is 9.52 Å². The predicted octanol–water partition coefficient (Wildman–Crippen LogP) is 3.83. The lowest BCUT2D eigenvalue weighted by Gasteiger charge is -2.17. The molecular weight excluding hydrogens is 341 g/mol. The van der Waals surface area contributed by atoms with Crippen LogP contribution in [0.2, 0.25) is 0 Å². The third kappa shape index (κ3) is 5.94. The fourth-order valence-electron chi connectivity index (χ4n) is 1.98. The number of carbonyl (C=O) groups excluding carboxylic acids is 2. The summed E-state index contributed by atoms with van der Waals surface area (Å²) in [6.45, 7) is 5.99. The van der Waals surface area contributed by atoms with E-state index in [1.165, 1.54) is 23.5 Å². The van der Waals surface area contributed by atoms with Crippen molar-refractivity contribution >= 4 is 28.3 Å². The summed E-state index contributed by atoms with van der Waals surface area (Å²) in [6.07, 6.45) is 0.861. The van der Waals surface area contributed by atoms with E-state index in [0.717, 1.165) is 5.56 Å². The lowest BCUT2D eigenvalue weighted by atomic mass is 9.96. The number of amides is 2. The first-order chi connectivity index (χ1) is 11.8. The van der Waals surface area contributed by atoms with Gasteiger partial charge >= 0.3 is 0 Å². The van der Waals surface area contributed by atoms with E-state index in [9.17, 15) is 14.0 Å². The maximum absolute atomic E-state index is 12.9. The van der Waals surface area contributed by atoms with Crippen molar-refractivity contribution in [2.45, 2.75) is 33.6 Å². The summed E-state index contributed by atoms with van der Waals surface area (Å²) in [5.74, 6) is -0.479. The number of hydrogen-bond donors (Lipinski definition) is 2. The van der Waals surface area contributed by atoms with E-state index in [-0.39, 0.29) is 17.6 Å². The van der Waals surface area contributed by atoms with E-state index in [0.29, 0.717) is 30.2 Å². The van der Waals surface area contributed by atoms with Gasteiger partial charge in [-0.2, -0.15) is 0 Å². The Kier molecular flexibility index (Phi) is 6.25. The molecule has 0 aliphatic rings. The van der Waals surface area contributed by atoms with Crippen LogP contribution in [0.5, 0.6) is 0 Å². The number of benzene rings is 1. The summed E-state index contributed by atoms with van der Waals surface area (Å²) in [5.41, 5.74) is 1.06. The molecule has 0 saturated heterocycles. The average molecular weight is 363 g/mol. The van der Waals surface area contributed by atoms with Crippen LogP contribution in [0.15, 0.2) is 29.6 Å². The van der Waals surface area contributed by atoms with Gasteiger partial charge in [0.2, 0.25) is 11.8 Å². The second-order valence-electron chi connectivity index (χ2n) is 6.70. The Morgan fingerprint density at radius 1 is 1.20 bits per heavy atom. The molecule has 0 saturated carbocycles. The summed E-state index contributed by atoms with van der Waals surface area (Å²) >= 11 is 1.32. The highest BCUT2D eigenvalue weighted by Gasteiger charge is 2.20. The molecule has 0 unspecified atom stereocenters. The number of nitrogens with zero attached hydrogens (tertiary/aromatic N) is 1. The molecule has 0 bridgehead atoms. The molecule has 0 fully saturated rings. The van der Waals surface area contributed by atoms with Crippen molar-refractivity contribution in [2.24, 2.45) is 5.41 Å². The van der Waals surface area contributed by atoms with E-state index in [4.69, 9.17) is 0 Å². The molecule has 25 heavy (non-hydrogen) atoms. The van der Waals surface area contributed by atoms with Crippen molar-refractivity contribution in [3.63, 3.8) is 0 Å². The fraction of sp³-hybridized carbons (Fsp3) is 0.389. The molecule has 0 atom stereocenters. The van der Waals surface area contributed by atoms with Gasteiger partial charge in [-0.15, -0.1) is 11.3 Å². The highest BCUT2D eigenvalue weighted by molar-refractivity contribution is 7.14. The van der Waals surface area contributed by atoms with Crippen LogP contribution in [0, 0.1) is 11.2 Å². The van der Waals surface area contributed by atoms with E-state index in [1.807, 2.05) is 26.2 Å². The van der Waals surface area contributed by atoms with Gasteiger partial charge in [0.1, 0.15) is 5.82 Å².